The molecule has 19 heavy (non-hydrogen) atoms. The van der Waals surface area contributed by atoms with Crippen molar-refractivity contribution in [1.29, 1.82) is 0 Å². The number of rotatable bonds is 5. The number of allylic oxidation sites excluding steroid dienone is 1. The molecule has 0 saturated heterocycles. The van der Waals surface area contributed by atoms with Crippen molar-refractivity contribution in [2.75, 3.05) is 5.75 Å². The Bertz CT molecular complexity index is 434. The number of benzene rings is 1. The molecule has 0 saturated carbocycles. The minimum absolute atomic E-state index is 0.184. The molecule has 2 rings (SSSR count). The molecule has 1 aromatic carbocycles. The van der Waals surface area contributed by atoms with Crippen LogP contribution in [0.3, 0.4) is 0 Å². The second-order valence-electron chi connectivity index (χ2n) is 4.87. The van der Waals surface area contributed by atoms with Crippen LogP contribution in [-0.2, 0) is 0 Å². The van der Waals surface area contributed by atoms with Gasteiger partial charge in [0.05, 0.1) is 6.04 Å². The Balaban J connectivity index is 1.93. The summed E-state index contributed by atoms with van der Waals surface area (Å²) < 4.78 is 13.1. The van der Waals surface area contributed by atoms with E-state index in [0.717, 1.165) is 23.5 Å². The molecule has 0 amide bonds. The van der Waals surface area contributed by atoms with E-state index >= 15 is 0 Å². The maximum absolute atomic E-state index is 13.1. The van der Waals surface area contributed by atoms with E-state index in [0.29, 0.717) is 0 Å². The van der Waals surface area contributed by atoms with Gasteiger partial charge in [-0.15, -0.1) is 11.8 Å². The Labute approximate surface area is 118 Å². The van der Waals surface area contributed by atoms with Gasteiger partial charge in [-0.1, -0.05) is 24.1 Å². The van der Waals surface area contributed by atoms with E-state index in [1.165, 1.54) is 30.9 Å². The molecule has 0 fully saturated rings. The number of nitrogens with one attached hydrogen (secondary N) is 1. The highest BCUT2D eigenvalue weighted by Crippen LogP contribution is 2.25. The average molecular weight is 280 g/mol. The molecule has 2 nitrogen and oxygen atoms in total. The van der Waals surface area contributed by atoms with E-state index in [4.69, 9.17) is 5.84 Å². The lowest BCUT2D eigenvalue weighted by atomic mass is 10.0. The molecule has 104 valence electrons. The first kappa shape index (κ1) is 14.6. The predicted octanol–water partition coefficient (Wildman–Crippen LogP) is 3.64. The van der Waals surface area contributed by atoms with Gasteiger partial charge >= 0.3 is 0 Å². The zero-order valence-electron chi connectivity index (χ0n) is 11.1. The highest BCUT2D eigenvalue weighted by atomic mass is 32.2. The summed E-state index contributed by atoms with van der Waals surface area (Å²) in [6, 6.07) is 6.90. The van der Waals surface area contributed by atoms with Crippen molar-refractivity contribution in [3.8, 4) is 0 Å². The summed E-state index contributed by atoms with van der Waals surface area (Å²) in [7, 11) is 0. The van der Waals surface area contributed by atoms with Gasteiger partial charge in [0, 0.05) is 10.6 Å². The maximum Gasteiger partial charge on any atom is 0.124 e. The third-order valence-electron chi connectivity index (χ3n) is 3.44. The summed E-state index contributed by atoms with van der Waals surface area (Å²) in [6.45, 7) is 0. The molecule has 1 aliphatic carbocycles. The van der Waals surface area contributed by atoms with E-state index < -0.39 is 0 Å². The van der Waals surface area contributed by atoms with Crippen LogP contribution in [0.15, 0.2) is 40.8 Å². The van der Waals surface area contributed by atoms with Crippen LogP contribution in [0.4, 0.5) is 4.39 Å². The molecule has 0 aromatic heterocycles. The van der Waals surface area contributed by atoms with Crippen LogP contribution in [0.1, 0.15) is 32.1 Å². The molecule has 1 aromatic rings. The van der Waals surface area contributed by atoms with Crippen molar-refractivity contribution >= 4 is 11.8 Å². The standard InChI is InChI=1S/C15H21FN2S/c16-13-8-5-9-14(10-13)19-11-15(18-17)12-6-3-1-2-4-7-12/h5-6,8-10,15,18H,1-4,7,11,17H2. The quantitative estimate of drug-likeness (QED) is 0.374. The van der Waals surface area contributed by atoms with Crippen molar-refractivity contribution in [3.05, 3.63) is 41.7 Å². The molecule has 0 bridgehead atoms. The lowest BCUT2D eigenvalue weighted by molar-refractivity contribution is 0.611. The van der Waals surface area contributed by atoms with Gasteiger partial charge in [-0.3, -0.25) is 11.3 Å². The average Bonchev–Trinajstić information content (AvgIpc) is 2.69. The predicted molar refractivity (Wildman–Crippen MR) is 79.4 cm³/mol. The zero-order valence-corrected chi connectivity index (χ0v) is 11.9. The highest BCUT2D eigenvalue weighted by Gasteiger charge is 2.14. The normalized spacial score (nSPS) is 17.7. The van der Waals surface area contributed by atoms with Crippen LogP contribution < -0.4 is 11.3 Å². The first-order valence-electron chi connectivity index (χ1n) is 6.83. The van der Waals surface area contributed by atoms with E-state index in [-0.39, 0.29) is 11.9 Å². The third-order valence-corrected chi connectivity index (χ3v) is 4.52. The fourth-order valence-electron chi connectivity index (χ4n) is 2.35. The lowest BCUT2D eigenvalue weighted by Gasteiger charge is -2.19. The lowest BCUT2D eigenvalue weighted by Crippen LogP contribution is -2.38. The molecule has 1 unspecified atom stereocenters. The molecule has 4 heteroatoms. The van der Waals surface area contributed by atoms with Gasteiger partial charge in [-0.25, -0.2) is 4.39 Å². The highest BCUT2D eigenvalue weighted by molar-refractivity contribution is 7.99. The number of hydrogen-bond donors (Lipinski definition) is 2. The van der Waals surface area contributed by atoms with Crippen molar-refractivity contribution in [2.45, 2.75) is 43.0 Å². The SMILES string of the molecule is NNC(CSc1cccc(F)c1)C1=CCCCCC1. The van der Waals surface area contributed by atoms with Crippen LogP contribution in [0.25, 0.3) is 0 Å². The number of nitrogens with two attached hydrogens (primary N) is 1. The number of halogens is 1. The van der Waals surface area contributed by atoms with Crippen molar-refractivity contribution in [2.24, 2.45) is 5.84 Å². The minimum Gasteiger partial charge on any atom is -0.271 e. The van der Waals surface area contributed by atoms with Crippen LogP contribution in [-0.4, -0.2) is 11.8 Å². The first-order chi connectivity index (χ1) is 9.29. The van der Waals surface area contributed by atoms with Gasteiger partial charge in [0.25, 0.3) is 0 Å². The van der Waals surface area contributed by atoms with Gasteiger partial charge in [-0.05, 0) is 43.9 Å². The van der Waals surface area contributed by atoms with E-state index in [9.17, 15) is 4.39 Å². The second kappa shape index (κ2) is 7.68. The van der Waals surface area contributed by atoms with Crippen LogP contribution >= 0.6 is 11.8 Å². The first-order valence-corrected chi connectivity index (χ1v) is 7.81. The Morgan fingerprint density at radius 2 is 2.21 bits per heavy atom. The largest absolute Gasteiger partial charge is 0.271 e. The van der Waals surface area contributed by atoms with Crippen LogP contribution in [0.2, 0.25) is 0 Å². The number of hydrazine groups is 1. The Morgan fingerprint density at radius 1 is 1.32 bits per heavy atom. The maximum atomic E-state index is 13.1. The molecule has 1 aliphatic rings. The third kappa shape index (κ3) is 4.64. The van der Waals surface area contributed by atoms with Crippen molar-refractivity contribution in [1.82, 2.24) is 5.43 Å². The Hall–Kier alpha value is -0.840. The second-order valence-corrected chi connectivity index (χ2v) is 5.96. The van der Waals surface area contributed by atoms with Gasteiger partial charge in [0.2, 0.25) is 0 Å². The van der Waals surface area contributed by atoms with Crippen LogP contribution in [0, 0.1) is 5.82 Å². The van der Waals surface area contributed by atoms with Crippen molar-refractivity contribution < 1.29 is 4.39 Å². The fourth-order valence-corrected chi connectivity index (χ4v) is 3.39. The summed E-state index contributed by atoms with van der Waals surface area (Å²) in [5, 5.41) is 0. The Kier molecular flexibility index (Phi) is 5.89. The summed E-state index contributed by atoms with van der Waals surface area (Å²) in [6.07, 6.45) is 8.42. The summed E-state index contributed by atoms with van der Waals surface area (Å²) in [5.74, 6) is 6.33. The van der Waals surface area contributed by atoms with Crippen molar-refractivity contribution in [3.63, 3.8) is 0 Å². The number of hydrogen-bond acceptors (Lipinski definition) is 3. The number of thioether (sulfide) groups is 1. The summed E-state index contributed by atoms with van der Waals surface area (Å²) in [4.78, 5) is 0.953. The summed E-state index contributed by atoms with van der Waals surface area (Å²) in [5.41, 5.74) is 4.31. The molecule has 1 atom stereocenters. The summed E-state index contributed by atoms with van der Waals surface area (Å²) >= 11 is 1.64. The zero-order chi connectivity index (χ0) is 13.5. The molecule has 0 aliphatic heterocycles. The molecule has 3 N–H and O–H groups in total. The van der Waals surface area contributed by atoms with E-state index in [2.05, 4.69) is 11.5 Å². The van der Waals surface area contributed by atoms with E-state index in [1.807, 2.05) is 6.07 Å². The topological polar surface area (TPSA) is 38.0 Å². The van der Waals surface area contributed by atoms with E-state index in [1.54, 1.807) is 23.9 Å². The fraction of sp³-hybridized carbons (Fsp3) is 0.467. The van der Waals surface area contributed by atoms with Gasteiger partial charge in [-0.2, -0.15) is 0 Å². The Morgan fingerprint density at radius 3 is 3.00 bits per heavy atom. The molecule has 0 radical (unpaired) electrons. The van der Waals surface area contributed by atoms with Gasteiger partial charge in [0.1, 0.15) is 5.82 Å². The minimum atomic E-state index is -0.184. The smallest absolute Gasteiger partial charge is 0.124 e. The van der Waals surface area contributed by atoms with Crippen LogP contribution in [0.5, 0.6) is 0 Å². The molecular formula is C15H21FN2S. The monoisotopic (exact) mass is 280 g/mol. The molecular weight excluding hydrogens is 259 g/mol. The molecule has 0 heterocycles. The van der Waals surface area contributed by atoms with Gasteiger partial charge in [0.15, 0.2) is 0 Å². The van der Waals surface area contributed by atoms with Gasteiger partial charge < -0.3 is 0 Å². The molecule has 0 spiro atoms.